The van der Waals surface area contributed by atoms with Crippen LogP contribution in [0.5, 0.6) is 0 Å². The summed E-state index contributed by atoms with van der Waals surface area (Å²) >= 11 is 0. The van der Waals surface area contributed by atoms with E-state index in [1.807, 2.05) is 12.1 Å². The Bertz CT molecular complexity index is 1450. The maximum atomic E-state index is 14.7. The van der Waals surface area contributed by atoms with Gasteiger partial charge in [-0.15, -0.1) is 0 Å². The molecule has 0 spiro atoms. The minimum atomic E-state index is -5.30. The zero-order valence-corrected chi connectivity index (χ0v) is 20.3. The van der Waals surface area contributed by atoms with Crippen molar-refractivity contribution in [1.82, 2.24) is 19.9 Å². The summed E-state index contributed by atoms with van der Waals surface area (Å²) in [5.74, 6) is -3.39. The van der Waals surface area contributed by atoms with Gasteiger partial charge in [0.2, 0.25) is 0 Å². The van der Waals surface area contributed by atoms with E-state index >= 15 is 0 Å². The van der Waals surface area contributed by atoms with Gasteiger partial charge in [-0.1, -0.05) is 0 Å². The Kier molecular flexibility index (Phi) is 7.86. The number of pyridine rings is 1. The molecular weight excluding hydrogens is 510 g/mol. The van der Waals surface area contributed by atoms with Crippen LogP contribution in [0.2, 0.25) is 0 Å². The molecule has 1 amide bonds. The smallest absolute Gasteiger partial charge is 0.450 e. The number of hydrogen-bond donors (Lipinski definition) is 2. The number of alkyl halides is 4. The van der Waals surface area contributed by atoms with Crippen molar-refractivity contribution in [3.8, 4) is 23.5 Å². The summed E-state index contributed by atoms with van der Waals surface area (Å²) < 4.78 is 57.9. The summed E-state index contributed by atoms with van der Waals surface area (Å²) in [5, 5.41) is 27.6. The standard InChI is InChI=1S/C24H21F4N7O3/c1-13(8-29)34-17-7-18(19-5-4-15-6-14(9-30)10-33-35(15)19)31-11-16(17)21(36)32-12-20(25)23(2,3)38-22(37)24(26,27)28/h4-7,10-11,13,20H,12H2,1-3H3,(H,31,34)(H,32,36)/t13-,20-/m1/s1. The third-order valence-electron chi connectivity index (χ3n) is 5.39. The van der Waals surface area contributed by atoms with Gasteiger partial charge in [0.1, 0.15) is 17.7 Å². The lowest BCUT2D eigenvalue weighted by molar-refractivity contribution is -0.215. The van der Waals surface area contributed by atoms with Crippen molar-refractivity contribution in [3.63, 3.8) is 0 Å². The molecule has 3 aromatic rings. The Morgan fingerprint density at radius 1 is 1.18 bits per heavy atom. The first-order valence-corrected chi connectivity index (χ1v) is 11.0. The van der Waals surface area contributed by atoms with Crippen LogP contribution in [0.25, 0.3) is 16.9 Å². The van der Waals surface area contributed by atoms with Crippen LogP contribution in [0.15, 0.2) is 36.7 Å². The van der Waals surface area contributed by atoms with Crippen LogP contribution in [0.3, 0.4) is 0 Å². The van der Waals surface area contributed by atoms with Gasteiger partial charge in [0.15, 0.2) is 6.17 Å². The number of hydrogen-bond acceptors (Lipinski definition) is 8. The van der Waals surface area contributed by atoms with Gasteiger partial charge in [0.05, 0.1) is 52.5 Å². The van der Waals surface area contributed by atoms with Crippen LogP contribution in [-0.4, -0.2) is 57.0 Å². The molecule has 0 aliphatic carbocycles. The molecule has 2 N–H and O–H groups in total. The van der Waals surface area contributed by atoms with E-state index in [1.54, 1.807) is 18.2 Å². The molecule has 0 saturated carbocycles. The average molecular weight is 531 g/mol. The summed E-state index contributed by atoms with van der Waals surface area (Å²) in [6.45, 7) is 2.65. The van der Waals surface area contributed by atoms with Gasteiger partial charge >= 0.3 is 12.1 Å². The number of fused-ring (bicyclic) bond motifs is 1. The minimum absolute atomic E-state index is 0.0752. The number of nitrogens with one attached hydrogen (secondary N) is 2. The first-order chi connectivity index (χ1) is 17.8. The van der Waals surface area contributed by atoms with E-state index in [1.165, 1.54) is 29.9 Å². The topological polar surface area (TPSA) is 145 Å². The number of esters is 1. The second kappa shape index (κ2) is 10.7. The average Bonchev–Trinajstić information content (AvgIpc) is 3.29. The van der Waals surface area contributed by atoms with Crippen molar-refractivity contribution in [3.05, 3.63) is 47.8 Å². The summed E-state index contributed by atoms with van der Waals surface area (Å²) in [4.78, 5) is 28.2. The summed E-state index contributed by atoms with van der Waals surface area (Å²) in [6, 6.07) is 9.72. The normalized spacial score (nSPS) is 13.2. The van der Waals surface area contributed by atoms with Crippen LogP contribution in [0, 0.1) is 22.7 Å². The number of nitrogens with zero attached hydrogens (tertiary/aromatic N) is 5. The van der Waals surface area contributed by atoms with Crippen molar-refractivity contribution < 1.29 is 31.9 Å². The fourth-order valence-corrected chi connectivity index (χ4v) is 3.30. The lowest BCUT2D eigenvalue weighted by Gasteiger charge is -2.29. The number of anilines is 1. The van der Waals surface area contributed by atoms with Gasteiger partial charge in [-0.25, -0.2) is 13.7 Å². The van der Waals surface area contributed by atoms with Crippen LogP contribution < -0.4 is 10.6 Å². The molecule has 0 aliphatic rings. The fraction of sp³-hybridized carbons (Fsp3) is 0.333. The number of halogens is 4. The molecule has 0 unspecified atom stereocenters. The molecule has 0 aliphatic heterocycles. The Balaban J connectivity index is 1.85. The lowest BCUT2D eigenvalue weighted by Crippen LogP contribution is -2.47. The van der Waals surface area contributed by atoms with E-state index in [4.69, 9.17) is 5.26 Å². The number of ether oxygens (including phenoxy) is 1. The largest absolute Gasteiger partial charge is 0.490 e. The van der Waals surface area contributed by atoms with Gasteiger partial charge in [0.25, 0.3) is 5.91 Å². The van der Waals surface area contributed by atoms with Gasteiger partial charge in [-0.2, -0.15) is 28.8 Å². The molecule has 0 radical (unpaired) electrons. The third-order valence-corrected chi connectivity index (χ3v) is 5.39. The number of carbonyl (C=O) groups excluding carboxylic acids is 2. The second-order valence-corrected chi connectivity index (χ2v) is 8.69. The molecule has 0 fully saturated rings. The number of amides is 1. The van der Waals surface area contributed by atoms with Gasteiger partial charge in [0, 0.05) is 6.20 Å². The lowest BCUT2D eigenvalue weighted by atomic mass is 10.0. The van der Waals surface area contributed by atoms with Gasteiger partial charge in [-0.3, -0.25) is 9.78 Å². The molecule has 3 rings (SSSR count). The number of aromatic nitrogens is 3. The van der Waals surface area contributed by atoms with Crippen molar-refractivity contribution in [2.24, 2.45) is 0 Å². The van der Waals surface area contributed by atoms with Crippen molar-refractivity contribution in [1.29, 1.82) is 10.5 Å². The molecule has 2 atom stereocenters. The highest BCUT2D eigenvalue weighted by atomic mass is 19.4. The highest BCUT2D eigenvalue weighted by Gasteiger charge is 2.46. The van der Waals surface area contributed by atoms with Gasteiger partial charge < -0.3 is 15.4 Å². The first kappa shape index (κ1) is 27.9. The highest BCUT2D eigenvalue weighted by molar-refractivity contribution is 6.00. The minimum Gasteiger partial charge on any atom is -0.450 e. The third kappa shape index (κ3) is 6.15. The number of rotatable bonds is 8. The number of carbonyl (C=O) groups is 2. The molecule has 0 aromatic carbocycles. The Morgan fingerprint density at radius 2 is 1.89 bits per heavy atom. The van der Waals surface area contributed by atoms with Crippen LogP contribution in [-0.2, 0) is 9.53 Å². The molecule has 0 bridgehead atoms. The molecule has 14 heteroatoms. The molecule has 3 aromatic heterocycles. The van der Waals surface area contributed by atoms with E-state index in [-0.39, 0.29) is 11.3 Å². The van der Waals surface area contributed by atoms with E-state index in [2.05, 4.69) is 25.5 Å². The Labute approximate surface area is 213 Å². The molecule has 38 heavy (non-hydrogen) atoms. The maximum Gasteiger partial charge on any atom is 0.490 e. The number of nitriles is 2. The monoisotopic (exact) mass is 531 g/mol. The Hall–Kier alpha value is -4.72. The zero-order valence-electron chi connectivity index (χ0n) is 20.3. The highest BCUT2D eigenvalue weighted by Crippen LogP contribution is 2.27. The molecule has 0 saturated heterocycles. The van der Waals surface area contributed by atoms with Crippen molar-refractivity contribution in [2.75, 3.05) is 11.9 Å². The second-order valence-electron chi connectivity index (χ2n) is 8.69. The summed E-state index contributed by atoms with van der Waals surface area (Å²) in [5.41, 5.74) is -0.249. The van der Waals surface area contributed by atoms with E-state index in [0.717, 1.165) is 13.8 Å². The SMILES string of the molecule is C[C@H](C#N)Nc1cc(-c2ccc3cc(C#N)cnn23)ncc1C(=O)NC[C@@H](F)C(C)(C)OC(=O)C(F)(F)F. The summed E-state index contributed by atoms with van der Waals surface area (Å²) in [7, 11) is 0. The van der Waals surface area contributed by atoms with Crippen LogP contribution in [0.4, 0.5) is 23.2 Å². The molecule has 10 nitrogen and oxygen atoms in total. The van der Waals surface area contributed by atoms with Crippen molar-refractivity contribution in [2.45, 2.75) is 44.8 Å². The maximum absolute atomic E-state index is 14.7. The quantitative estimate of drug-likeness (QED) is 0.332. The predicted octanol–water partition coefficient (Wildman–Crippen LogP) is 3.54. The zero-order chi connectivity index (χ0) is 28.3. The molecular formula is C24H21F4N7O3. The Morgan fingerprint density at radius 3 is 2.53 bits per heavy atom. The fourth-order valence-electron chi connectivity index (χ4n) is 3.30. The first-order valence-electron chi connectivity index (χ1n) is 11.0. The van der Waals surface area contributed by atoms with E-state index < -0.39 is 42.4 Å². The molecule has 3 heterocycles. The van der Waals surface area contributed by atoms with Gasteiger partial charge in [-0.05, 0) is 45.0 Å². The summed E-state index contributed by atoms with van der Waals surface area (Å²) in [6.07, 6.45) is -4.93. The molecule has 198 valence electrons. The van der Waals surface area contributed by atoms with Crippen LogP contribution >= 0.6 is 0 Å². The van der Waals surface area contributed by atoms with Crippen LogP contribution in [0.1, 0.15) is 36.7 Å². The predicted molar refractivity (Wildman–Crippen MR) is 125 cm³/mol. The van der Waals surface area contributed by atoms with Crippen molar-refractivity contribution >= 4 is 23.1 Å². The van der Waals surface area contributed by atoms with E-state index in [9.17, 15) is 32.4 Å². The van der Waals surface area contributed by atoms with E-state index in [0.29, 0.717) is 22.5 Å².